The van der Waals surface area contributed by atoms with E-state index in [1.165, 1.54) is 19.2 Å². The minimum Gasteiger partial charge on any atom is -0.496 e. The third kappa shape index (κ3) is 2.48. The van der Waals surface area contributed by atoms with E-state index in [1.807, 2.05) is 0 Å². The van der Waals surface area contributed by atoms with Gasteiger partial charge < -0.3 is 20.7 Å². The molecule has 18 heavy (non-hydrogen) atoms. The molecule has 96 valence electrons. The molecule has 0 radical (unpaired) electrons. The lowest BCUT2D eigenvalue weighted by Crippen LogP contribution is -2.18. The minimum absolute atomic E-state index is 0.0927. The highest BCUT2D eigenvalue weighted by Gasteiger charge is 2.26. The van der Waals surface area contributed by atoms with Crippen LogP contribution in [0.25, 0.3) is 0 Å². The number of aliphatic hydroxyl groups is 2. The van der Waals surface area contributed by atoms with Gasteiger partial charge in [-0.1, -0.05) is 0 Å². The Morgan fingerprint density at radius 3 is 2.61 bits per heavy atom. The van der Waals surface area contributed by atoms with Crippen LogP contribution in [-0.4, -0.2) is 28.4 Å². The molecular weight excluding hydrogens is 242 g/mol. The molecule has 0 fully saturated rings. The first-order valence-electron chi connectivity index (χ1n) is 4.80. The normalized spacial score (nSPS) is 13.4. The molecule has 1 aromatic carbocycles. The number of nitrogen functional groups attached to an aromatic ring is 1. The van der Waals surface area contributed by atoms with E-state index in [2.05, 4.69) is 0 Å². The van der Waals surface area contributed by atoms with Gasteiger partial charge in [-0.2, -0.15) is 5.26 Å². The van der Waals surface area contributed by atoms with E-state index in [9.17, 15) is 20.3 Å². The van der Waals surface area contributed by atoms with Gasteiger partial charge in [0.15, 0.2) is 6.10 Å². The number of nitrogens with zero attached hydrogens (tertiary/aromatic N) is 2. The van der Waals surface area contributed by atoms with Gasteiger partial charge >= 0.3 is 0 Å². The van der Waals surface area contributed by atoms with Gasteiger partial charge in [-0.05, 0) is 6.07 Å². The second-order valence-electron chi connectivity index (χ2n) is 3.43. The predicted octanol–water partition coefficient (Wildman–Crippen LogP) is 0.103. The zero-order valence-corrected chi connectivity index (χ0v) is 9.40. The van der Waals surface area contributed by atoms with E-state index in [1.54, 1.807) is 0 Å². The number of aliphatic hydroxyl groups excluding tert-OH is 2. The Balaban J connectivity index is 3.39. The molecule has 0 saturated heterocycles. The summed E-state index contributed by atoms with van der Waals surface area (Å²) in [5.74, 6) is 0.0927. The first kappa shape index (κ1) is 13.7. The number of hydrogen-bond acceptors (Lipinski definition) is 7. The van der Waals surface area contributed by atoms with E-state index < -0.39 is 22.8 Å². The van der Waals surface area contributed by atoms with Gasteiger partial charge in [-0.3, -0.25) is 10.1 Å². The van der Waals surface area contributed by atoms with Crippen molar-refractivity contribution in [1.82, 2.24) is 0 Å². The van der Waals surface area contributed by atoms with E-state index in [4.69, 9.17) is 15.7 Å². The summed E-state index contributed by atoms with van der Waals surface area (Å²) in [5.41, 5.74) is 4.61. The molecule has 1 rings (SSSR count). The van der Waals surface area contributed by atoms with E-state index in [0.717, 1.165) is 6.07 Å². The van der Waals surface area contributed by atoms with Crippen LogP contribution in [0, 0.1) is 21.4 Å². The van der Waals surface area contributed by atoms with E-state index in [0.29, 0.717) is 0 Å². The second-order valence-corrected chi connectivity index (χ2v) is 3.43. The third-order valence-electron chi connectivity index (χ3n) is 2.35. The summed E-state index contributed by atoms with van der Waals surface area (Å²) in [6.07, 6.45) is -3.39. The second kappa shape index (κ2) is 5.31. The maximum atomic E-state index is 10.8. The monoisotopic (exact) mass is 253 g/mol. The van der Waals surface area contributed by atoms with Crippen LogP contribution in [0.1, 0.15) is 11.7 Å². The number of methoxy groups -OCH3 is 1. The maximum absolute atomic E-state index is 10.8. The van der Waals surface area contributed by atoms with E-state index >= 15 is 0 Å². The van der Waals surface area contributed by atoms with Crippen LogP contribution >= 0.6 is 0 Å². The van der Waals surface area contributed by atoms with E-state index in [-0.39, 0.29) is 17.0 Å². The Labute approximate surface area is 102 Å². The minimum atomic E-state index is -1.74. The molecule has 2 unspecified atom stereocenters. The molecule has 0 heterocycles. The molecule has 8 nitrogen and oxygen atoms in total. The summed E-state index contributed by atoms with van der Waals surface area (Å²) in [5, 5.41) is 38.1. The van der Waals surface area contributed by atoms with Gasteiger partial charge in [-0.25, -0.2) is 0 Å². The Morgan fingerprint density at radius 2 is 2.17 bits per heavy atom. The molecule has 0 aliphatic heterocycles. The lowest BCUT2D eigenvalue weighted by atomic mass is 10.0. The number of nitrogens with two attached hydrogens (primary N) is 1. The van der Waals surface area contributed by atoms with Crippen LogP contribution < -0.4 is 10.5 Å². The number of hydrogen-bond donors (Lipinski definition) is 3. The molecule has 4 N–H and O–H groups in total. The first-order chi connectivity index (χ1) is 8.42. The van der Waals surface area contributed by atoms with Gasteiger partial charge in [0.1, 0.15) is 17.5 Å². The summed E-state index contributed by atoms with van der Waals surface area (Å²) >= 11 is 0. The SMILES string of the molecule is COc1cc(C(O)C(O)C#N)c(N)c([N+](=O)[O-])c1. The van der Waals surface area contributed by atoms with Crippen molar-refractivity contribution < 1.29 is 19.9 Å². The van der Waals surface area contributed by atoms with Crippen molar-refractivity contribution in [2.24, 2.45) is 0 Å². The highest BCUT2D eigenvalue weighted by Crippen LogP contribution is 2.35. The molecule has 2 atom stereocenters. The Morgan fingerprint density at radius 1 is 1.56 bits per heavy atom. The highest BCUT2D eigenvalue weighted by atomic mass is 16.6. The number of benzene rings is 1. The van der Waals surface area contributed by atoms with Crippen LogP contribution in [0.15, 0.2) is 12.1 Å². The lowest BCUT2D eigenvalue weighted by Gasteiger charge is -2.15. The maximum Gasteiger partial charge on any atom is 0.296 e. The average Bonchev–Trinajstić information content (AvgIpc) is 2.36. The van der Waals surface area contributed by atoms with Gasteiger partial charge in [0.25, 0.3) is 5.69 Å². The number of rotatable bonds is 4. The summed E-state index contributed by atoms with van der Waals surface area (Å²) in [6, 6.07) is 3.73. The first-order valence-corrected chi connectivity index (χ1v) is 4.80. The smallest absolute Gasteiger partial charge is 0.296 e. The fourth-order valence-corrected chi connectivity index (χ4v) is 1.39. The van der Waals surface area contributed by atoms with Crippen LogP contribution in [0.2, 0.25) is 0 Å². The fraction of sp³-hybridized carbons (Fsp3) is 0.300. The molecule has 0 saturated carbocycles. The largest absolute Gasteiger partial charge is 0.496 e. The standard InChI is InChI=1S/C10H11N3O5/c1-18-5-2-6(10(15)8(14)4-11)9(12)7(3-5)13(16)17/h2-3,8,10,14-15H,12H2,1H3. The molecule has 0 aliphatic rings. The van der Waals surface area contributed by atoms with Crippen LogP contribution in [0.4, 0.5) is 11.4 Å². The number of nitro groups is 1. The molecule has 8 heteroatoms. The molecule has 0 bridgehead atoms. The van der Waals surface area contributed by atoms with Crippen molar-refractivity contribution in [1.29, 1.82) is 5.26 Å². The lowest BCUT2D eigenvalue weighted by molar-refractivity contribution is -0.384. The number of ether oxygens (including phenoxy) is 1. The van der Waals surface area contributed by atoms with Crippen molar-refractivity contribution in [3.05, 3.63) is 27.8 Å². The molecular formula is C10H11N3O5. The van der Waals surface area contributed by atoms with Gasteiger partial charge in [-0.15, -0.1) is 0 Å². The van der Waals surface area contributed by atoms with Crippen molar-refractivity contribution in [2.45, 2.75) is 12.2 Å². The average molecular weight is 253 g/mol. The van der Waals surface area contributed by atoms with Gasteiger partial charge in [0, 0.05) is 5.56 Å². The summed E-state index contributed by atoms with van der Waals surface area (Å²) < 4.78 is 4.83. The van der Waals surface area contributed by atoms with Crippen molar-refractivity contribution in [3.63, 3.8) is 0 Å². The molecule has 0 aliphatic carbocycles. The Bertz CT molecular complexity index is 511. The molecule has 0 aromatic heterocycles. The van der Waals surface area contributed by atoms with Crippen LogP contribution in [-0.2, 0) is 0 Å². The fourth-order valence-electron chi connectivity index (χ4n) is 1.39. The number of nitro benzene ring substituents is 1. The Hall–Kier alpha value is -2.37. The topological polar surface area (TPSA) is 143 Å². The van der Waals surface area contributed by atoms with Crippen LogP contribution in [0.3, 0.4) is 0 Å². The Kier molecular flexibility index (Phi) is 4.04. The van der Waals surface area contributed by atoms with Crippen LogP contribution in [0.5, 0.6) is 5.75 Å². The van der Waals surface area contributed by atoms with Crippen molar-refractivity contribution in [2.75, 3.05) is 12.8 Å². The summed E-state index contributed by atoms with van der Waals surface area (Å²) in [4.78, 5) is 10.0. The zero-order chi connectivity index (χ0) is 13.9. The summed E-state index contributed by atoms with van der Waals surface area (Å²) in [7, 11) is 1.28. The van der Waals surface area contributed by atoms with Gasteiger partial charge in [0.05, 0.1) is 24.2 Å². The molecule has 0 amide bonds. The quantitative estimate of drug-likeness (QED) is 0.299. The summed E-state index contributed by atoms with van der Waals surface area (Å²) in [6.45, 7) is 0. The van der Waals surface area contributed by atoms with Crippen molar-refractivity contribution in [3.8, 4) is 11.8 Å². The molecule has 0 spiro atoms. The number of nitriles is 1. The van der Waals surface area contributed by atoms with Gasteiger partial charge in [0.2, 0.25) is 0 Å². The molecule has 1 aromatic rings. The third-order valence-corrected chi connectivity index (χ3v) is 2.35. The highest BCUT2D eigenvalue weighted by molar-refractivity contribution is 5.67. The zero-order valence-electron chi connectivity index (χ0n) is 9.40. The van der Waals surface area contributed by atoms with Crippen molar-refractivity contribution >= 4 is 11.4 Å². The predicted molar refractivity (Wildman–Crippen MR) is 60.6 cm³/mol. The number of anilines is 1.